The Hall–Kier alpha value is -2.45. The van der Waals surface area contributed by atoms with Crippen LogP contribution in [0, 0.1) is 10.1 Å². The van der Waals surface area contributed by atoms with Crippen LogP contribution in [0.25, 0.3) is 0 Å². The van der Waals surface area contributed by atoms with Crippen LogP contribution >= 0.6 is 22.9 Å². The first kappa shape index (κ1) is 19.3. The number of halogens is 1. The number of anilines is 1. The first-order valence-electron chi connectivity index (χ1n) is 8.58. The van der Waals surface area contributed by atoms with E-state index in [4.69, 9.17) is 17.3 Å². The molecule has 0 saturated carbocycles. The van der Waals surface area contributed by atoms with Crippen molar-refractivity contribution in [3.8, 4) is 0 Å². The average molecular weight is 408 g/mol. The third-order valence-corrected chi connectivity index (χ3v) is 6.09. The normalized spacial score (nSPS) is 14.0. The number of carbonyl (C=O) groups is 2. The van der Waals surface area contributed by atoms with Crippen LogP contribution in [-0.2, 0) is 12.8 Å². The molecular weight excluding hydrogens is 390 g/mol. The van der Waals surface area contributed by atoms with E-state index in [1.807, 2.05) is 0 Å². The van der Waals surface area contributed by atoms with Crippen LogP contribution in [-0.4, -0.2) is 16.7 Å². The number of fused-ring (bicyclic) bond motifs is 1. The first-order valence-corrected chi connectivity index (χ1v) is 9.77. The Balaban J connectivity index is 1.97. The monoisotopic (exact) mass is 407 g/mol. The highest BCUT2D eigenvalue weighted by Gasteiger charge is 2.25. The van der Waals surface area contributed by atoms with E-state index in [2.05, 4.69) is 5.32 Å². The number of amides is 2. The van der Waals surface area contributed by atoms with Crippen molar-refractivity contribution in [2.75, 3.05) is 5.32 Å². The van der Waals surface area contributed by atoms with Crippen molar-refractivity contribution < 1.29 is 14.5 Å². The molecule has 1 aromatic heterocycles. The van der Waals surface area contributed by atoms with Gasteiger partial charge in [-0.05, 0) is 37.3 Å². The Morgan fingerprint density at radius 3 is 2.56 bits per heavy atom. The zero-order valence-electron chi connectivity index (χ0n) is 14.4. The number of primary amides is 1. The molecule has 2 aromatic rings. The number of hydrogen-bond acceptors (Lipinski definition) is 5. The minimum atomic E-state index is -0.611. The van der Waals surface area contributed by atoms with Gasteiger partial charge in [-0.2, -0.15) is 0 Å². The smallest absolute Gasteiger partial charge is 0.270 e. The van der Waals surface area contributed by atoms with E-state index in [9.17, 15) is 19.7 Å². The van der Waals surface area contributed by atoms with Crippen molar-refractivity contribution >= 4 is 45.4 Å². The Morgan fingerprint density at radius 1 is 1.19 bits per heavy atom. The number of non-ortho nitro benzene ring substituents is 1. The molecule has 0 atom stereocenters. The highest BCUT2D eigenvalue weighted by atomic mass is 35.5. The van der Waals surface area contributed by atoms with Crippen LogP contribution in [0.3, 0.4) is 0 Å². The lowest BCUT2D eigenvalue weighted by molar-refractivity contribution is -0.384. The maximum Gasteiger partial charge on any atom is 0.270 e. The summed E-state index contributed by atoms with van der Waals surface area (Å²) < 4.78 is 0. The molecule has 0 spiro atoms. The van der Waals surface area contributed by atoms with Gasteiger partial charge in [0.15, 0.2) is 0 Å². The highest BCUT2D eigenvalue weighted by Crippen LogP contribution is 2.37. The number of rotatable bonds is 4. The number of nitro benzene ring substituents is 1. The Bertz CT molecular complexity index is 926. The number of hydrogen-bond donors (Lipinski definition) is 2. The fourth-order valence-corrected chi connectivity index (χ4v) is 4.73. The molecule has 1 heterocycles. The summed E-state index contributed by atoms with van der Waals surface area (Å²) in [6.45, 7) is 0. The van der Waals surface area contributed by atoms with E-state index in [-0.39, 0.29) is 16.3 Å². The second-order valence-electron chi connectivity index (χ2n) is 6.36. The summed E-state index contributed by atoms with van der Waals surface area (Å²) in [5, 5.41) is 14.1. The number of nitrogens with one attached hydrogen (secondary N) is 1. The predicted molar refractivity (Wildman–Crippen MR) is 105 cm³/mol. The third-order valence-electron chi connectivity index (χ3n) is 4.55. The van der Waals surface area contributed by atoms with Gasteiger partial charge in [0.1, 0.15) is 5.00 Å². The van der Waals surface area contributed by atoms with E-state index >= 15 is 0 Å². The fourth-order valence-electron chi connectivity index (χ4n) is 3.24. The Labute approximate surface area is 164 Å². The van der Waals surface area contributed by atoms with Gasteiger partial charge in [-0.3, -0.25) is 19.7 Å². The van der Waals surface area contributed by atoms with Crippen molar-refractivity contribution in [1.82, 2.24) is 0 Å². The molecule has 1 aliphatic carbocycles. The third kappa shape index (κ3) is 4.12. The van der Waals surface area contributed by atoms with Gasteiger partial charge in [0.2, 0.25) is 0 Å². The van der Waals surface area contributed by atoms with Gasteiger partial charge in [-0.25, -0.2) is 0 Å². The summed E-state index contributed by atoms with van der Waals surface area (Å²) in [7, 11) is 0. The number of nitrogens with zero attached hydrogens (tertiary/aromatic N) is 1. The molecule has 1 aromatic carbocycles. The highest BCUT2D eigenvalue weighted by molar-refractivity contribution is 7.17. The van der Waals surface area contributed by atoms with Gasteiger partial charge in [0, 0.05) is 17.0 Å². The lowest BCUT2D eigenvalue weighted by Crippen LogP contribution is -2.18. The molecule has 3 rings (SSSR count). The first-order chi connectivity index (χ1) is 12.9. The minimum Gasteiger partial charge on any atom is -0.365 e. The molecule has 27 heavy (non-hydrogen) atoms. The van der Waals surface area contributed by atoms with Crippen molar-refractivity contribution in [3.05, 3.63) is 54.9 Å². The van der Waals surface area contributed by atoms with Crippen LogP contribution in [0.2, 0.25) is 5.02 Å². The van der Waals surface area contributed by atoms with Crippen molar-refractivity contribution in [3.63, 3.8) is 0 Å². The number of carbonyl (C=O) groups excluding carboxylic acids is 2. The van der Waals surface area contributed by atoms with E-state index in [0.717, 1.165) is 55.0 Å². The molecule has 1 aliphatic rings. The largest absolute Gasteiger partial charge is 0.365 e. The zero-order chi connectivity index (χ0) is 19.6. The van der Waals surface area contributed by atoms with Crippen LogP contribution in [0.1, 0.15) is 56.8 Å². The summed E-state index contributed by atoms with van der Waals surface area (Å²) in [6.07, 6.45) is 5.81. The maximum atomic E-state index is 12.7. The average Bonchev–Trinajstić information content (AvgIpc) is 2.91. The fraction of sp³-hybridized carbons (Fsp3) is 0.333. The van der Waals surface area contributed by atoms with Crippen LogP contribution < -0.4 is 11.1 Å². The number of benzene rings is 1. The van der Waals surface area contributed by atoms with Gasteiger partial charge in [0.05, 0.1) is 21.1 Å². The second-order valence-corrected chi connectivity index (χ2v) is 7.87. The molecule has 0 unspecified atom stereocenters. The molecule has 0 aliphatic heterocycles. The number of nitrogens with two attached hydrogens (primary N) is 1. The SMILES string of the molecule is NC(=O)c1c(NC(=O)c2cc([N+](=O)[O-])ccc2Cl)sc2c1CCCCCC2. The van der Waals surface area contributed by atoms with Crippen molar-refractivity contribution in [2.45, 2.75) is 38.5 Å². The number of thiophene rings is 1. The lowest BCUT2D eigenvalue weighted by Gasteiger charge is -2.10. The van der Waals surface area contributed by atoms with Crippen LogP contribution in [0.5, 0.6) is 0 Å². The molecular formula is C18H18ClN3O4S. The number of nitro groups is 1. The molecule has 0 saturated heterocycles. The molecule has 0 radical (unpaired) electrons. The molecule has 9 heteroatoms. The zero-order valence-corrected chi connectivity index (χ0v) is 16.0. The standard InChI is InChI=1S/C18H18ClN3O4S/c19-13-8-7-10(22(25)26)9-12(13)17(24)21-18-15(16(20)23)11-5-3-1-2-4-6-14(11)27-18/h7-9H,1-6H2,(H2,20,23)(H,21,24). The van der Waals surface area contributed by atoms with Gasteiger partial charge in [-0.15, -0.1) is 11.3 Å². The van der Waals surface area contributed by atoms with Gasteiger partial charge >= 0.3 is 0 Å². The molecule has 7 nitrogen and oxygen atoms in total. The summed E-state index contributed by atoms with van der Waals surface area (Å²) in [4.78, 5) is 36.1. The summed E-state index contributed by atoms with van der Waals surface area (Å²) in [6, 6.07) is 3.65. The van der Waals surface area contributed by atoms with E-state index in [0.29, 0.717) is 10.6 Å². The Kier molecular flexibility index (Phi) is 5.76. The van der Waals surface area contributed by atoms with E-state index in [1.54, 1.807) is 0 Å². The van der Waals surface area contributed by atoms with Gasteiger partial charge in [-0.1, -0.05) is 24.4 Å². The van der Waals surface area contributed by atoms with Gasteiger partial charge < -0.3 is 11.1 Å². The molecule has 2 amide bonds. The van der Waals surface area contributed by atoms with Crippen LogP contribution in [0.15, 0.2) is 18.2 Å². The second kappa shape index (κ2) is 8.06. The Morgan fingerprint density at radius 2 is 1.89 bits per heavy atom. The van der Waals surface area contributed by atoms with Crippen molar-refractivity contribution in [2.24, 2.45) is 5.73 Å². The lowest BCUT2D eigenvalue weighted by atomic mass is 9.96. The molecule has 0 fully saturated rings. The van der Waals surface area contributed by atoms with E-state index in [1.165, 1.54) is 23.5 Å². The topological polar surface area (TPSA) is 115 Å². The summed E-state index contributed by atoms with van der Waals surface area (Å²) in [5.74, 6) is -1.20. The summed E-state index contributed by atoms with van der Waals surface area (Å²) >= 11 is 7.38. The van der Waals surface area contributed by atoms with Crippen LogP contribution in [0.4, 0.5) is 10.7 Å². The predicted octanol–water partition coefficient (Wildman–Crippen LogP) is 4.32. The van der Waals surface area contributed by atoms with Gasteiger partial charge in [0.25, 0.3) is 17.5 Å². The number of aryl methyl sites for hydroxylation is 1. The minimum absolute atomic E-state index is 0.0258. The molecule has 142 valence electrons. The summed E-state index contributed by atoms with van der Waals surface area (Å²) in [5.41, 5.74) is 6.57. The maximum absolute atomic E-state index is 12.7. The molecule has 3 N–H and O–H groups in total. The van der Waals surface area contributed by atoms with E-state index < -0.39 is 16.7 Å². The quantitative estimate of drug-likeness (QED) is 0.579. The molecule has 0 bridgehead atoms. The van der Waals surface area contributed by atoms with Crippen molar-refractivity contribution in [1.29, 1.82) is 0 Å².